The number of nitro groups is 1. The van der Waals surface area contributed by atoms with Crippen molar-refractivity contribution in [3.63, 3.8) is 0 Å². The van der Waals surface area contributed by atoms with E-state index in [0.29, 0.717) is 25.7 Å². The molecule has 0 atom stereocenters. The molecule has 0 aliphatic heterocycles. The molecule has 0 saturated carbocycles. The Bertz CT molecular complexity index is 1920. The summed E-state index contributed by atoms with van der Waals surface area (Å²) < 4.78 is 45.4. The zero-order chi connectivity index (χ0) is 61.6. The summed E-state index contributed by atoms with van der Waals surface area (Å²) in [6.07, 6.45) is 32.9. The highest BCUT2D eigenvalue weighted by atomic mass is 16.6. The van der Waals surface area contributed by atoms with E-state index >= 15 is 0 Å². The average Bonchev–Trinajstić information content (AvgIpc) is 3.47. The Hall–Kier alpha value is -5.73. The van der Waals surface area contributed by atoms with Crippen LogP contribution in [0.2, 0.25) is 0 Å². The topological polar surface area (TPSA) is 236 Å². The molecule has 83 heavy (non-hydrogen) atoms. The molecule has 0 N–H and O–H groups in total. The normalized spacial score (nSPS) is 11.5. The van der Waals surface area contributed by atoms with E-state index in [-0.39, 0.29) is 43.6 Å². The summed E-state index contributed by atoms with van der Waals surface area (Å²) in [7, 11) is 0. The average molecular weight is 1170 g/mol. The minimum Gasteiger partial charge on any atom is -0.481 e. The zero-order valence-corrected chi connectivity index (χ0v) is 52.0. The molecule has 0 aliphatic carbocycles. The first-order valence-corrected chi connectivity index (χ1v) is 31.3. The van der Waals surface area contributed by atoms with Crippen molar-refractivity contribution < 1.29 is 76.4 Å². The monoisotopic (exact) mass is 1170 g/mol. The van der Waals surface area contributed by atoms with Gasteiger partial charge in [-0.05, 0) is 58.6 Å². The van der Waals surface area contributed by atoms with Gasteiger partial charge in [-0.3, -0.25) is 43.7 Å². The van der Waals surface area contributed by atoms with Crippen LogP contribution in [0.1, 0.15) is 259 Å². The Morgan fingerprint density at radius 1 is 0.434 bits per heavy atom. The van der Waals surface area contributed by atoms with Crippen molar-refractivity contribution in [2.75, 3.05) is 46.2 Å². The second-order valence-corrected chi connectivity index (χ2v) is 23.1. The van der Waals surface area contributed by atoms with E-state index < -0.39 is 115 Å². The van der Waals surface area contributed by atoms with Crippen LogP contribution in [0.4, 0.5) is 5.69 Å². The number of ether oxygens (including phenoxy) is 8. The Balaban J connectivity index is 3.57. The standard InChI is InChI=1S/C65H105NO17/c1-9-14-18-22-26-30-34-38-56(67)78-47-63(6,48-79-57(68)39-35-31-27-23-19-15-10-2)61(72)82-51-65(8,60(71)77-46-53-45-54(76-44-13-5)42-43-55(53)66(74)75)52-83-62(73)64(7,49-80-58(69)40-36-32-28-24-20-16-11-3)50-81-59(70)41-37-33-29-25-21-17-12-4/h5,42-43,45H,9-12,14-41,44,46-52H2,1-4,6-8H3. The number of carbonyl (C=O) groups excluding carboxylic acids is 7. The quantitative estimate of drug-likeness (QED) is 0.0147. The van der Waals surface area contributed by atoms with Gasteiger partial charge in [0, 0.05) is 31.7 Å². The summed E-state index contributed by atoms with van der Waals surface area (Å²) in [6.45, 7) is 7.93. The molecule has 18 nitrogen and oxygen atoms in total. The van der Waals surface area contributed by atoms with Gasteiger partial charge in [-0.1, -0.05) is 188 Å². The van der Waals surface area contributed by atoms with Gasteiger partial charge in [0.2, 0.25) is 0 Å². The van der Waals surface area contributed by atoms with Gasteiger partial charge in [0.1, 0.15) is 74.8 Å². The van der Waals surface area contributed by atoms with Crippen LogP contribution in [0.15, 0.2) is 18.2 Å². The largest absolute Gasteiger partial charge is 0.481 e. The van der Waals surface area contributed by atoms with E-state index in [2.05, 4.69) is 33.6 Å². The number of carbonyl (C=O) groups is 7. The number of nitro benzene ring substituents is 1. The summed E-state index contributed by atoms with van der Waals surface area (Å²) >= 11 is 0. The highest BCUT2D eigenvalue weighted by Gasteiger charge is 2.46. The third kappa shape index (κ3) is 34.6. The zero-order valence-electron chi connectivity index (χ0n) is 52.0. The maximum absolute atomic E-state index is 14.4. The maximum atomic E-state index is 14.4. The van der Waals surface area contributed by atoms with Crippen molar-refractivity contribution in [3.8, 4) is 18.1 Å². The Morgan fingerprint density at radius 2 is 0.711 bits per heavy atom. The fourth-order valence-electron chi connectivity index (χ4n) is 8.82. The van der Waals surface area contributed by atoms with Crippen LogP contribution in [0.25, 0.3) is 0 Å². The van der Waals surface area contributed by atoms with Crippen molar-refractivity contribution in [1.29, 1.82) is 0 Å². The molecule has 0 fully saturated rings. The first-order chi connectivity index (χ1) is 39.8. The van der Waals surface area contributed by atoms with E-state index in [1.165, 1.54) is 32.9 Å². The smallest absolute Gasteiger partial charge is 0.319 e. The highest BCUT2D eigenvalue weighted by molar-refractivity contribution is 5.82. The molecule has 18 heteroatoms. The minimum atomic E-state index is -2.07. The minimum absolute atomic E-state index is 0.0809. The van der Waals surface area contributed by atoms with Crippen LogP contribution in [0.3, 0.4) is 0 Å². The number of unbranched alkanes of at least 4 members (excludes halogenated alkanes) is 24. The molecule has 0 aromatic heterocycles. The molecule has 472 valence electrons. The summed E-state index contributed by atoms with van der Waals surface area (Å²) in [5.41, 5.74) is -6.14. The molecule has 0 heterocycles. The molecule has 1 aromatic carbocycles. The Kier molecular flexibility index (Phi) is 41.4. The lowest BCUT2D eigenvalue weighted by molar-refractivity contribution is -0.385. The van der Waals surface area contributed by atoms with Gasteiger partial charge in [0.15, 0.2) is 0 Å². The van der Waals surface area contributed by atoms with Crippen molar-refractivity contribution in [3.05, 3.63) is 33.9 Å². The second kappa shape index (κ2) is 45.7. The summed E-state index contributed by atoms with van der Waals surface area (Å²) in [5.74, 6) is -2.99. The third-order valence-corrected chi connectivity index (χ3v) is 14.6. The van der Waals surface area contributed by atoms with Gasteiger partial charge in [-0.15, -0.1) is 6.42 Å². The Labute approximate surface area is 497 Å². The highest BCUT2D eigenvalue weighted by Crippen LogP contribution is 2.31. The summed E-state index contributed by atoms with van der Waals surface area (Å²) in [6, 6.07) is 3.77. The molecule has 1 rings (SSSR count). The van der Waals surface area contributed by atoms with E-state index in [1.54, 1.807) is 0 Å². The summed E-state index contributed by atoms with van der Waals surface area (Å²) in [5, 5.41) is 12.1. The third-order valence-electron chi connectivity index (χ3n) is 14.6. The van der Waals surface area contributed by atoms with Gasteiger partial charge in [0.05, 0.1) is 10.5 Å². The number of hydrogen-bond acceptors (Lipinski definition) is 17. The molecule has 0 radical (unpaired) electrons. The van der Waals surface area contributed by atoms with Crippen LogP contribution in [0, 0.1) is 38.7 Å². The van der Waals surface area contributed by atoms with Crippen molar-refractivity contribution in [2.24, 2.45) is 16.2 Å². The van der Waals surface area contributed by atoms with Crippen molar-refractivity contribution in [1.82, 2.24) is 0 Å². The molecule has 0 bridgehead atoms. The van der Waals surface area contributed by atoms with Gasteiger partial charge in [-0.25, -0.2) is 0 Å². The molecule has 0 unspecified atom stereocenters. The van der Waals surface area contributed by atoms with E-state index in [9.17, 15) is 43.7 Å². The maximum Gasteiger partial charge on any atom is 0.319 e. The Morgan fingerprint density at radius 3 is 1.00 bits per heavy atom. The lowest BCUT2D eigenvalue weighted by Crippen LogP contribution is -2.46. The first kappa shape index (κ1) is 75.3. The molecule has 0 amide bonds. The molecule has 0 spiro atoms. The van der Waals surface area contributed by atoms with Crippen LogP contribution in [-0.4, -0.2) is 93.0 Å². The first-order valence-electron chi connectivity index (χ1n) is 31.3. The van der Waals surface area contributed by atoms with E-state index in [4.69, 9.17) is 44.3 Å². The molecular weight excluding hydrogens is 1070 g/mol. The van der Waals surface area contributed by atoms with Crippen LogP contribution < -0.4 is 4.74 Å². The van der Waals surface area contributed by atoms with Gasteiger partial charge in [0.25, 0.3) is 5.69 Å². The summed E-state index contributed by atoms with van der Waals surface area (Å²) in [4.78, 5) is 107. The molecular formula is C65H105NO17. The second-order valence-electron chi connectivity index (χ2n) is 23.1. The van der Waals surface area contributed by atoms with Gasteiger partial charge < -0.3 is 37.9 Å². The molecule has 1 aromatic rings. The SMILES string of the molecule is C#CCOc1ccc([N+](=O)[O-])c(COC(=O)C(C)(COC(=O)C(C)(COC(=O)CCCCCCCCC)COC(=O)CCCCCCCCC)COC(=O)C(C)(COC(=O)CCCCCCCCC)COC(=O)CCCCCCCCC)c1. The fraction of sp³-hybridized carbons (Fsp3) is 0.769. The molecule has 0 saturated heterocycles. The van der Waals surface area contributed by atoms with Crippen molar-refractivity contribution in [2.45, 2.75) is 261 Å². The lowest BCUT2D eigenvalue weighted by Gasteiger charge is -2.32. The van der Waals surface area contributed by atoms with E-state index in [0.717, 1.165) is 160 Å². The number of nitrogens with zero attached hydrogens (tertiary/aromatic N) is 1. The van der Waals surface area contributed by atoms with Gasteiger partial charge >= 0.3 is 41.8 Å². The van der Waals surface area contributed by atoms with Crippen LogP contribution in [0.5, 0.6) is 5.75 Å². The predicted octanol–water partition coefficient (Wildman–Crippen LogP) is 14.5. The number of hydrogen-bond donors (Lipinski definition) is 0. The molecule has 0 aliphatic rings. The van der Waals surface area contributed by atoms with E-state index in [1.807, 2.05) is 0 Å². The number of esters is 7. The van der Waals surface area contributed by atoms with Crippen molar-refractivity contribution >= 4 is 47.5 Å². The number of terminal acetylenes is 1. The number of benzene rings is 1. The van der Waals surface area contributed by atoms with Gasteiger partial charge in [-0.2, -0.15) is 0 Å². The predicted molar refractivity (Wildman–Crippen MR) is 318 cm³/mol. The van der Waals surface area contributed by atoms with Crippen LogP contribution in [-0.2, 0) is 73.3 Å². The number of rotatable bonds is 52. The lowest BCUT2D eigenvalue weighted by atomic mass is 9.90. The fourth-order valence-corrected chi connectivity index (χ4v) is 8.82. The van der Waals surface area contributed by atoms with Crippen LogP contribution >= 0.6 is 0 Å².